The molecule has 0 saturated heterocycles. The molecule has 6 heteroatoms. The molecule has 1 amide bonds. The number of hydrogen-bond donors (Lipinski definition) is 0. The van der Waals surface area contributed by atoms with Crippen LogP contribution in [0.25, 0.3) is 5.69 Å². The fourth-order valence-electron chi connectivity index (χ4n) is 3.64. The second kappa shape index (κ2) is 9.47. The smallest absolute Gasteiger partial charge is 0.264 e. The SMILES string of the molecule is CC[C@@H](C)N(Cc1c(C(C)C)nn(-c2ccccc2)c1N(C)C)C(=O)c1cccs1. The van der Waals surface area contributed by atoms with E-state index in [1.54, 1.807) is 0 Å². The maximum absolute atomic E-state index is 13.3. The summed E-state index contributed by atoms with van der Waals surface area (Å²) in [5.41, 5.74) is 3.17. The van der Waals surface area contributed by atoms with Crippen LogP contribution in [0.15, 0.2) is 47.8 Å². The summed E-state index contributed by atoms with van der Waals surface area (Å²) in [6.45, 7) is 9.12. The number of carbonyl (C=O) groups is 1. The van der Waals surface area contributed by atoms with Gasteiger partial charge in [-0.25, -0.2) is 4.68 Å². The molecule has 0 bridgehead atoms. The molecule has 1 atom stereocenters. The van der Waals surface area contributed by atoms with Crippen molar-refractivity contribution >= 4 is 23.1 Å². The quantitative estimate of drug-likeness (QED) is 0.475. The molecule has 0 N–H and O–H groups in total. The normalized spacial score (nSPS) is 12.2. The monoisotopic (exact) mass is 424 g/mol. The number of para-hydroxylation sites is 1. The van der Waals surface area contributed by atoms with Gasteiger partial charge in [-0.1, -0.05) is 45.0 Å². The Kier molecular flexibility index (Phi) is 6.98. The molecule has 0 aliphatic rings. The second-order valence-corrected chi connectivity index (χ2v) is 9.10. The minimum absolute atomic E-state index is 0.0891. The number of aromatic nitrogens is 2. The van der Waals surface area contributed by atoms with Crippen molar-refractivity contribution in [2.24, 2.45) is 0 Å². The third-order valence-corrected chi connectivity index (χ3v) is 6.26. The maximum atomic E-state index is 13.3. The van der Waals surface area contributed by atoms with Crippen molar-refractivity contribution in [2.75, 3.05) is 19.0 Å². The topological polar surface area (TPSA) is 41.4 Å². The van der Waals surface area contributed by atoms with Gasteiger partial charge in [0.25, 0.3) is 5.91 Å². The number of hydrogen-bond acceptors (Lipinski definition) is 4. The van der Waals surface area contributed by atoms with Gasteiger partial charge in [-0.15, -0.1) is 11.3 Å². The van der Waals surface area contributed by atoms with E-state index >= 15 is 0 Å². The van der Waals surface area contributed by atoms with Gasteiger partial charge in [0, 0.05) is 25.7 Å². The minimum Gasteiger partial charge on any atom is -0.362 e. The molecule has 2 aromatic heterocycles. The Hall–Kier alpha value is -2.60. The summed E-state index contributed by atoms with van der Waals surface area (Å²) >= 11 is 1.50. The van der Waals surface area contributed by atoms with E-state index in [1.165, 1.54) is 11.3 Å². The largest absolute Gasteiger partial charge is 0.362 e. The van der Waals surface area contributed by atoms with Gasteiger partial charge in [0.05, 0.1) is 22.8 Å². The van der Waals surface area contributed by atoms with Crippen molar-refractivity contribution in [1.82, 2.24) is 14.7 Å². The van der Waals surface area contributed by atoms with Crippen LogP contribution in [0.4, 0.5) is 5.82 Å². The number of anilines is 1. The first kappa shape index (κ1) is 22.1. The maximum Gasteiger partial charge on any atom is 0.264 e. The zero-order chi connectivity index (χ0) is 21.8. The van der Waals surface area contributed by atoms with Gasteiger partial charge in [0.1, 0.15) is 5.82 Å². The summed E-state index contributed by atoms with van der Waals surface area (Å²) in [5.74, 6) is 1.36. The van der Waals surface area contributed by atoms with Crippen LogP contribution in [0.3, 0.4) is 0 Å². The Labute approximate surface area is 183 Å². The molecular weight excluding hydrogens is 392 g/mol. The van der Waals surface area contributed by atoms with Crippen LogP contribution in [0.5, 0.6) is 0 Å². The van der Waals surface area contributed by atoms with Crippen LogP contribution in [0.1, 0.15) is 61.0 Å². The Morgan fingerprint density at radius 1 is 1.10 bits per heavy atom. The molecular formula is C24H32N4OS. The van der Waals surface area contributed by atoms with Crippen LogP contribution in [-0.2, 0) is 6.54 Å². The van der Waals surface area contributed by atoms with Crippen LogP contribution in [0, 0.1) is 0 Å². The average molecular weight is 425 g/mol. The van der Waals surface area contributed by atoms with E-state index in [0.717, 1.165) is 34.1 Å². The molecule has 2 heterocycles. The summed E-state index contributed by atoms with van der Waals surface area (Å²) in [7, 11) is 4.08. The lowest BCUT2D eigenvalue weighted by Gasteiger charge is -2.29. The molecule has 0 spiro atoms. The van der Waals surface area contributed by atoms with Crippen molar-refractivity contribution < 1.29 is 4.79 Å². The van der Waals surface area contributed by atoms with Gasteiger partial charge in [0.15, 0.2) is 0 Å². The van der Waals surface area contributed by atoms with Gasteiger partial charge in [0.2, 0.25) is 0 Å². The van der Waals surface area contributed by atoms with Crippen molar-refractivity contribution in [2.45, 2.75) is 52.6 Å². The summed E-state index contributed by atoms with van der Waals surface area (Å²) in [5, 5.41) is 6.96. The van der Waals surface area contributed by atoms with E-state index in [0.29, 0.717) is 6.54 Å². The number of benzene rings is 1. The fourth-order valence-corrected chi connectivity index (χ4v) is 4.32. The third-order valence-electron chi connectivity index (χ3n) is 5.40. The van der Waals surface area contributed by atoms with Gasteiger partial charge < -0.3 is 9.80 Å². The third kappa shape index (κ3) is 4.43. The highest BCUT2D eigenvalue weighted by atomic mass is 32.1. The average Bonchev–Trinajstić information content (AvgIpc) is 3.39. The number of amides is 1. The van der Waals surface area contributed by atoms with E-state index in [1.807, 2.05) is 59.4 Å². The molecule has 1 aromatic carbocycles. The first-order valence-electron chi connectivity index (χ1n) is 10.5. The van der Waals surface area contributed by atoms with E-state index in [9.17, 15) is 4.79 Å². The first-order valence-corrected chi connectivity index (χ1v) is 11.4. The number of nitrogens with zero attached hydrogens (tertiary/aromatic N) is 4. The predicted molar refractivity (Wildman–Crippen MR) is 126 cm³/mol. The van der Waals surface area contributed by atoms with Crippen molar-refractivity contribution in [3.63, 3.8) is 0 Å². The molecule has 0 saturated carbocycles. The van der Waals surface area contributed by atoms with Crippen molar-refractivity contribution in [3.05, 3.63) is 64.0 Å². The summed E-state index contributed by atoms with van der Waals surface area (Å²) in [6, 6.07) is 14.2. The van der Waals surface area contributed by atoms with Crippen molar-refractivity contribution in [3.8, 4) is 5.69 Å². The van der Waals surface area contributed by atoms with Gasteiger partial charge in [-0.05, 0) is 42.8 Å². The second-order valence-electron chi connectivity index (χ2n) is 8.15. The first-order chi connectivity index (χ1) is 14.3. The lowest BCUT2D eigenvalue weighted by Crippen LogP contribution is -2.38. The number of rotatable bonds is 8. The summed E-state index contributed by atoms with van der Waals surface area (Å²) in [4.78, 5) is 18.2. The van der Waals surface area contributed by atoms with Gasteiger partial charge in [-0.2, -0.15) is 5.10 Å². The van der Waals surface area contributed by atoms with Crippen LogP contribution < -0.4 is 4.90 Å². The predicted octanol–water partition coefficient (Wildman–Crippen LogP) is 5.56. The van der Waals surface area contributed by atoms with Crippen LogP contribution in [-0.4, -0.2) is 40.7 Å². The molecule has 0 unspecified atom stereocenters. The van der Waals surface area contributed by atoms with E-state index in [-0.39, 0.29) is 17.9 Å². The molecule has 0 radical (unpaired) electrons. The number of carbonyl (C=O) groups excluding carboxylic acids is 1. The summed E-state index contributed by atoms with van der Waals surface area (Å²) < 4.78 is 2.01. The lowest BCUT2D eigenvalue weighted by molar-refractivity contribution is 0.0676. The molecule has 0 aliphatic carbocycles. The zero-order valence-corrected chi connectivity index (χ0v) is 19.6. The lowest BCUT2D eigenvalue weighted by atomic mass is 10.0. The van der Waals surface area contributed by atoms with Gasteiger partial charge in [-0.3, -0.25) is 4.79 Å². The Morgan fingerprint density at radius 3 is 2.33 bits per heavy atom. The highest BCUT2D eigenvalue weighted by Crippen LogP contribution is 2.32. The molecule has 5 nitrogen and oxygen atoms in total. The minimum atomic E-state index is 0.0891. The number of thiophene rings is 1. The van der Waals surface area contributed by atoms with E-state index in [2.05, 4.69) is 44.7 Å². The zero-order valence-electron chi connectivity index (χ0n) is 18.8. The molecule has 160 valence electrons. The Balaban J connectivity index is 2.12. The molecule has 30 heavy (non-hydrogen) atoms. The Morgan fingerprint density at radius 2 is 1.80 bits per heavy atom. The van der Waals surface area contributed by atoms with Crippen LogP contribution >= 0.6 is 11.3 Å². The van der Waals surface area contributed by atoms with E-state index < -0.39 is 0 Å². The molecule has 0 aliphatic heterocycles. The summed E-state index contributed by atoms with van der Waals surface area (Å²) in [6.07, 6.45) is 0.901. The standard InChI is InChI=1S/C24H32N4OS/c1-7-18(4)27(24(29)21-14-11-15-30-21)16-20-22(17(2)3)25-28(23(20)26(5)6)19-12-9-8-10-13-19/h8-15,17-18H,7,16H2,1-6H3/t18-/m1/s1. The van der Waals surface area contributed by atoms with Crippen molar-refractivity contribution in [1.29, 1.82) is 0 Å². The Bertz CT molecular complexity index is 961. The fraction of sp³-hybridized carbons (Fsp3) is 0.417. The highest BCUT2D eigenvalue weighted by Gasteiger charge is 2.28. The molecule has 3 rings (SSSR count). The van der Waals surface area contributed by atoms with Gasteiger partial charge >= 0.3 is 0 Å². The van der Waals surface area contributed by atoms with Crippen LogP contribution in [0.2, 0.25) is 0 Å². The molecule has 0 fully saturated rings. The molecule has 3 aromatic rings. The van der Waals surface area contributed by atoms with E-state index in [4.69, 9.17) is 5.10 Å². The highest BCUT2D eigenvalue weighted by molar-refractivity contribution is 7.12.